The predicted molar refractivity (Wildman–Crippen MR) is 105 cm³/mol. The van der Waals surface area contributed by atoms with Crippen molar-refractivity contribution >= 4 is 40.7 Å². The van der Waals surface area contributed by atoms with Crippen LogP contribution in [0.1, 0.15) is 47.5 Å². The molecule has 0 aliphatic heterocycles. The zero-order valence-corrected chi connectivity index (χ0v) is 16.3. The highest BCUT2D eigenvalue weighted by Gasteiger charge is 2.18. The quantitative estimate of drug-likeness (QED) is 0.726. The summed E-state index contributed by atoms with van der Waals surface area (Å²) in [6.07, 6.45) is 3.18. The Balaban J connectivity index is 2.21. The molecule has 0 fully saturated rings. The molecule has 0 spiro atoms. The molecule has 2 amide bonds. The molecular formula is C19H21Cl2N3O2. The number of carbonyl (C=O) groups is 2. The number of carbonyl (C=O) groups excluding carboxylic acids is 2. The first-order valence-corrected chi connectivity index (χ1v) is 9.24. The molecule has 2 rings (SSSR count). The highest BCUT2D eigenvalue weighted by Crippen LogP contribution is 2.29. The highest BCUT2D eigenvalue weighted by molar-refractivity contribution is 6.44. The molecule has 138 valence electrons. The number of rotatable bonds is 7. The molecule has 0 unspecified atom stereocenters. The third-order valence-electron chi connectivity index (χ3n) is 3.72. The lowest BCUT2D eigenvalue weighted by Crippen LogP contribution is -2.33. The lowest BCUT2D eigenvalue weighted by atomic mass is 10.2. The van der Waals surface area contributed by atoms with Gasteiger partial charge in [0.15, 0.2) is 0 Å². The number of aromatic nitrogens is 1. The average molecular weight is 394 g/mol. The number of hydrogen-bond acceptors (Lipinski definition) is 3. The molecule has 1 aromatic heterocycles. The number of hydrogen-bond donors (Lipinski definition) is 1. The first-order valence-electron chi connectivity index (χ1n) is 8.48. The Labute approximate surface area is 163 Å². The van der Waals surface area contributed by atoms with Crippen LogP contribution in [0, 0.1) is 0 Å². The molecule has 0 saturated heterocycles. The normalized spacial score (nSPS) is 10.5. The van der Waals surface area contributed by atoms with Crippen LogP contribution < -0.4 is 5.32 Å². The zero-order valence-electron chi connectivity index (χ0n) is 14.8. The standard InChI is InChI=1S/C19H21Cl2N3O2/c1-3-10-24(11-4-2)19(26)16-12-13(8-9-22-16)18(25)23-15-7-5-6-14(20)17(15)21/h5-9,12H,3-4,10-11H2,1-2H3,(H,23,25). The summed E-state index contributed by atoms with van der Waals surface area (Å²) >= 11 is 12.1. The summed E-state index contributed by atoms with van der Waals surface area (Å²) in [7, 11) is 0. The maximum atomic E-state index is 12.6. The summed E-state index contributed by atoms with van der Waals surface area (Å²) < 4.78 is 0. The van der Waals surface area contributed by atoms with Crippen LogP contribution in [-0.4, -0.2) is 34.8 Å². The second-order valence-corrected chi connectivity index (χ2v) is 6.56. The minimum atomic E-state index is -0.386. The maximum absolute atomic E-state index is 12.6. The Kier molecular flexibility index (Phi) is 7.42. The first-order chi connectivity index (χ1) is 12.5. The third kappa shape index (κ3) is 4.96. The van der Waals surface area contributed by atoms with E-state index in [4.69, 9.17) is 23.2 Å². The molecule has 7 heteroatoms. The van der Waals surface area contributed by atoms with Crippen molar-refractivity contribution in [2.75, 3.05) is 18.4 Å². The summed E-state index contributed by atoms with van der Waals surface area (Å²) in [5.41, 5.74) is 0.983. The molecule has 26 heavy (non-hydrogen) atoms. The van der Waals surface area contributed by atoms with Gasteiger partial charge in [0, 0.05) is 24.8 Å². The van der Waals surface area contributed by atoms with Gasteiger partial charge in [0.1, 0.15) is 5.69 Å². The fourth-order valence-electron chi connectivity index (χ4n) is 2.50. The lowest BCUT2D eigenvalue weighted by Gasteiger charge is -2.21. The molecule has 5 nitrogen and oxygen atoms in total. The molecule has 0 atom stereocenters. The molecule has 1 N–H and O–H groups in total. The molecule has 0 saturated carbocycles. The monoisotopic (exact) mass is 393 g/mol. The summed E-state index contributed by atoms with van der Waals surface area (Å²) in [4.78, 5) is 31.0. The fraction of sp³-hybridized carbons (Fsp3) is 0.316. The van der Waals surface area contributed by atoms with E-state index in [0.717, 1.165) is 12.8 Å². The second kappa shape index (κ2) is 9.55. The van der Waals surface area contributed by atoms with Gasteiger partial charge in [0.05, 0.1) is 15.7 Å². The zero-order chi connectivity index (χ0) is 19.1. The summed E-state index contributed by atoms with van der Waals surface area (Å²) in [6.45, 7) is 5.34. The number of amides is 2. The Morgan fingerprint density at radius 3 is 2.46 bits per heavy atom. The van der Waals surface area contributed by atoms with Crippen molar-refractivity contribution < 1.29 is 9.59 Å². The molecular weight excluding hydrogens is 373 g/mol. The van der Waals surface area contributed by atoms with Gasteiger partial charge in [-0.3, -0.25) is 14.6 Å². The van der Waals surface area contributed by atoms with Crippen LogP contribution in [-0.2, 0) is 0 Å². The van der Waals surface area contributed by atoms with E-state index in [9.17, 15) is 9.59 Å². The first kappa shape index (κ1) is 20.2. The second-order valence-electron chi connectivity index (χ2n) is 5.78. The minimum Gasteiger partial charge on any atom is -0.337 e. The number of nitrogens with zero attached hydrogens (tertiary/aromatic N) is 2. The van der Waals surface area contributed by atoms with Crippen molar-refractivity contribution in [3.8, 4) is 0 Å². The summed E-state index contributed by atoms with van der Waals surface area (Å²) in [5.74, 6) is -0.563. The van der Waals surface area contributed by atoms with E-state index < -0.39 is 0 Å². The van der Waals surface area contributed by atoms with Gasteiger partial charge in [-0.1, -0.05) is 43.1 Å². The number of halogens is 2. The van der Waals surface area contributed by atoms with Crippen molar-refractivity contribution in [3.63, 3.8) is 0 Å². The van der Waals surface area contributed by atoms with E-state index in [2.05, 4.69) is 10.3 Å². The number of nitrogens with one attached hydrogen (secondary N) is 1. The molecule has 0 aliphatic carbocycles. The summed E-state index contributed by atoms with van der Waals surface area (Å²) in [6, 6.07) is 8.03. The van der Waals surface area contributed by atoms with Crippen molar-refractivity contribution in [2.45, 2.75) is 26.7 Å². The van der Waals surface area contributed by atoms with Gasteiger partial charge in [-0.2, -0.15) is 0 Å². The Morgan fingerprint density at radius 2 is 1.81 bits per heavy atom. The molecule has 2 aromatic rings. The van der Waals surface area contributed by atoms with Gasteiger partial charge in [0.25, 0.3) is 11.8 Å². The SMILES string of the molecule is CCCN(CCC)C(=O)c1cc(C(=O)Nc2cccc(Cl)c2Cl)ccn1. The van der Waals surface area contributed by atoms with Crippen molar-refractivity contribution in [1.29, 1.82) is 0 Å². The minimum absolute atomic E-state index is 0.177. The third-order valence-corrected chi connectivity index (χ3v) is 4.53. The van der Waals surface area contributed by atoms with E-state index in [1.54, 1.807) is 29.2 Å². The van der Waals surface area contributed by atoms with Gasteiger partial charge in [-0.05, 0) is 37.1 Å². The van der Waals surface area contributed by atoms with E-state index in [1.165, 1.54) is 12.3 Å². The van der Waals surface area contributed by atoms with Gasteiger partial charge in [0.2, 0.25) is 0 Å². The predicted octanol–water partition coefficient (Wildman–Crippen LogP) is 4.90. The Bertz CT molecular complexity index is 790. The number of anilines is 1. The van der Waals surface area contributed by atoms with Crippen LogP contribution >= 0.6 is 23.2 Å². The van der Waals surface area contributed by atoms with Crippen LogP contribution in [0.5, 0.6) is 0 Å². The van der Waals surface area contributed by atoms with Crippen LogP contribution in [0.15, 0.2) is 36.5 Å². The maximum Gasteiger partial charge on any atom is 0.272 e. The van der Waals surface area contributed by atoms with Gasteiger partial charge in [-0.25, -0.2) is 0 Å². The molecule has 0 bridgehead atoms. The molecule has 0 aliphatic rings. The van der Waals surface area contributed by atoms with E-state index >= 15 is 0 Å². The molecule has 1 aromatic carbocycles. The highest BCUT2D eigenvalue weighted by atomic mass is 35.5. The van der Waals surface area contributed by atoms with E-state index in [1.807, 2.05) is 13.8 Å². The van der Waals surface area contributed by atoms with E-state index in [-0.39, 0.29) is 22.5 Å². The van der Waals surface area contributed by atoms with E-state index in [0.29, 0.717) is 29.4 Å². The number of pyridine rings is 1. The van der Waals surface area contributed by atoms with Crippen LogP contribution in [0.3, 0.4) is 0 Å². The van der Waals surface area contributed by atoms with Crippen LogP contribution in [0.4, 0.5) is 5.69 Å². The van der Waals surface area contributed by atoms with Gasteiger partial charge < -0.3 is 10.2 Å². The molecule has 0 radical (unpaired) electrons. The smallest absolute Gasteiger partial charge is 0.272 e. The number of benzene rings is 1. The topological polar surface area (TPSA) is 62.3 Å². The average Bonchev–Trinajstić information content (AvgIpc) is 2.65. The molecule has 1 heterocycles. The van der Waals surface area contributed by atoms with Crippen LogP contribution in [0.25, 0.3) is 0 Å². The van der Waals surface area contributed by atoms with Crippen molar-refractivity contribution in [2.24, 2.45) is 0 Å². The van der Waals surface area contributed by atoms with Gasteiger partial charge >= 0.3 is 0 Å². The largest absolute Gasteiger partial charge is 0.337 e. The Hall–Kier alpha value is -2.11. The Morgan fingerprint density at radius 1 is 1.12 bits per heavy atom. The van der Waals surface area contributed by atoms with Crippen molar-refractivity contribution in [1.82, 2.24) is 9.88 Å². The summed E-state index contributed by atoms with van der Waals surface area (Å²) in [5, 5.41) is 3.33. The fourth-order valence-corrected chi connectivity index (χ4v) is 2.85. The van der Waals surface area contributed by atoms with Crippen LogP contribution in [0.2, 0.25) is 10.0 Å². The van der Waals surface area contributed by atoms with Gasteiger partial charge in [-0.15, -0.1) is 0 Å². The lowest BCUT2D eigenvalue weighted by molar-refractivity contribution is 0.0749. The van der Waals surface area contributed by atoms with Crippen molar-refractivity contribution in [3.05, 3.63) is 57.8 Å².